The molecule has 2 aromatic carbocycles. The Morgan fingerprint density at radius 2 is 1.86 bits per heavy atom. The lowest BCUT2D eigenvalue weighted by atomic mass is 9.96. The molecule has 1 amide bonds. The summed E-state index contributed by atoms with van der Waals surface area (Å²) in [6.45, 7) is 3.17. The number of ether oxygens (including phenoxy) is 3. The van der Waals surface area contributed by atoms with Gasteiger partial charge in [-0.05, 0) is 56.0 Å². The second kappa shape index (κ2) is 10.7. The molecule has 29 heavy (non-hydrogen) atoms. The Kier molecular flexibility index (Phi) is 7.76. The fourth-order valence-corrected chi connectivity index (χ4v) is 3.55. The summed E-state index contributed by atoms with van der Waals surface area (Å²) in [4.78, 5) is 12.6. The van der Waals surface area contributed by atoms with Gasteiger partial charge in [-0.1, -0.05) is 30.3 Å². The van der Waals surface area contributed by atoms with Crippen LogP contribution in [0.25, 0.3) is 0 Å². The van der Waals surface area contributed by atoms with Crippen molar-refractivity contribution in [1.29, 1.82) is 0 Å². The summed E-state index contributed by atoms with van der Waals surface area (Å²) in [6, 6.07) is 13.3. The highest BCUT2D eigenvalue weighted by atomic mass is 16.5. The van der Waals surface area contributed by atoms with E-state index in [1.807, 2.05) is 30.3 Å². The summed E-state index contributed by atoms with van der Waals surface area (Å²) in [6.07, 6.45) is 3.40. The van der Waals surface area contributed by atoms with Crippen LogP contribution in [0.15, 0.2) is 42.5 Å². The number of hydrogen-bond donors (Lipinski definition) is 2. The molecular weight excluding hydrogens is 368 g/mol. The standard InChI is InChI=1S/C23H30N2O4/c1-27-20-13-19(23(26)25-12-10-17-9-6-11-24-15-17)14-21(28-2)22(20)29-16-18-7-4-3-5-8-18/h3-5,7-8,13-14,17,24H,6,9-12,15-16H2,1-2H3,(H,25,26). The maximum Gasteiger partial charge on any atom is 0.251 e. The molecule has 2 N–H and O–H groups in total. The Bertz CT molecular complexity index is 764. The van der Waals surface area contributed by atoms with Gasteiger partial charge >= 0.3 is 0 Å². The third-order valence-electron chi connectivity index (χ3n) is 5.19. The zero-order valence-corrected chi connectivity index (χ0v) is 17.2. The highest BCUT2D eigenvalue weighted by Gasteiger charge is 2.18. The molecule has 0 aliphatic carbocycles. The molecule has 1 aliphatic heterocycles. The van der Waals surface area contributed by atoms with Crippen LogP contribution in [-0.2, 0) is 6.61 Å². The Hall–Kier alpha value is -2.73. The summed E-state index contributed by atoms with van der Waals surface area (Å²) in [7, 11) is 3.11. The van der Waals surface area contributed by atoms with Gasteiger partial charge in [-0.2, -0.15) is 0 Å². The second-order valence-electron chi connectivity index (χ2n) is 7.24. The molecule has 1 fully saturated rings. The van der Waals surface area contributed by atoms with Gasteiger partial charge in [0.1, 0.15) is 6.61 Å². The number of methoxy groups -OCH3 is 2. The maximum absolute atomic E-state index is 12.6. The minimum atomic E-state index is -0.139. The first-order valence-corrected chi connectivity index (χ1v) is 10.1. The number of piperidine rings is 1. The van der Waals surface area contributed by atoms with Crippen LogP contribution in [0.4, 0.5) is 0 Å². The van der Waals surface area contributed by atoms with Crippen LogP contribution in [0, 0.1) is 5.92 Å². The molecule has 0 saturated carbocycles. The van der Waals surface area contributed by atoms with E-state index in [2.05, 4.69) is 10.6 Å². The normalized spacial score (nSPS) is 16.1. The van der Waals surface area contributed by atoms with Gasteiger partial charge in [-0.15, -0.1) is 0 Å². The summed E-state index contributed by atoms with van der Waals surface area (Å²) < 4.78 is 16.9. The molecule has 0 aromatic heterocycles. The molecule has 6 nitrogen and oxygen atoms in total. The Balaban J connectivity index is 1.65. The van der Waals surface area contributed by atoms with Gasteiger partial charge in [0.25, 0.3) is 5.91 Å². The number of carbonyl (C=O) groups excluding carboxylic acids is 1. The molecule has 1 atom stereocenters. The van der Waals surface area contributed by atoms with E-state index >= 15 is 0 Å². The Morgan fingerprint density at radius 1 is 1.14 bits per heavy atom. The van der Waals surface area contributed by atoms with Crippen LogP contribution in [0.5, 0.6) is 17.2 Å². The van der Waals surface area contributed by atoms with E-state index in [-0.39, 0.29) is 5.91 Å². The number of hydrogen-bond acceptors (Lipinski definition) is 5. The molecule has 1 heterocycles. The largest absolute Gasteiger partial charge is 0.493 e. The van der Waals surface area contributed by atoms with Crippen molar-refractivity contribution >= 4 is 5.91 Å². The van der Waals surface area contributed by atoms with Gasteiger partial charge in [-0.25, -0.2) is 0 Å². The molecule has 0 bridgehead atoms. The maximum atomic E-state index is 12.6. The molecule has 1 saturated heterocycles. The molecular formula is C23H30N2O4. The summed E-state index contributed by atoms with van der Waals surface area (Å²) in [5.41, 5.74) is 1.53. The lowest BCUT2D eigenvalue weighted by Gasteiger charge is -2.22. The SMILES string of the molecule is COc1cc(C(=O)NCCC2CCCNC2)cc(OC)c1OCc1ccccc1. The predicted molar refractivity (Wildman–Crippen MR) is 113 cm³/mol. The molecule has 156 valence electrons. The number of nitrogens with one attached hydrogen (secondary N) is 2. The van der Waals surface area contributed by atoms with Crippen LogP contribution < -0.4 is 24.8 Å². The monoisotopic (exact) mass is 398 g/mol. The van der Waals surface area contributed by atoms with Gasteiger partial charge in [0, 0.05) is 12.1 Å². The third-order valence-corrected chi connectivity index (χ3v) is 5.19. The first-order valence-electron chi connectivity index (χ1n) is 10.1. The first-order chi connectivity index (χ1) is 14.2. The zero-order valence-electron chi connectivity index (χ0n) is 17.2. The Morgan fingerprint density at radius 3 is 2.48 bits per heavy atom. The van der Waals surface area contributed by atoms with Gasteiger partial charge in [0.2, 0.25) is 5.75 Å². The summed E-state index contributed by atoms with van der Waals surface area (Å²) in [5.74, 6) is 1.93. The zero-order chi connectivity index (χ0) is 20.5. The second-order valence-corrected chi connectivity index (χ2v) is 7.24. The third kappa shape index (κ3) is 5.87. The van der Waals surface area contributed by atoms with Crippen LogP contribution in [0.2, 0.25) is 0 Å². The average molecular weight is 399 g/mol. The number of carbonyl (C=O) groups is 1. The highest BCUT2D eigenvalue weighted by Crippen LogP contribution is 2.39. The topological polar surface area (TPSA) is 68.8 Å². The van der Waals surface area contributed by atoms with Gasteiger partial charge in [0.05, 0.1) is 14.2 Å². The number of benzene rings is 2. The van der Waals surface area contributed by atoms with E-state index in [9.17, 15) is 4.79 Å². The van der Waals surface area contributed by atoms with E-state index in [0.29, 0.717) is 41.9 Å². The highest BCUT2D eigenvalue weighted by molar-refractivity contribution is 5.95. The summed E-state index contributed by atoms with van der Waals surface area (Å²) >= 11 is 0. The summed E-state index contributed by atoms with van der Waals surface area (Å²) in [5, 5.41) is 6.41. The van der Waals surface area contributed by atoms with Crippen molar-refractivity contribution < 1.29 is 19.0 Å². The average Bonchev–Trinajstić information content (AvgIpc) is 2.78. The minimum absolute atomic E-state index is 0.139. The van der Waals surface area contributed by atoms with Crippen LogP contribution in [0.1, 0.15) is 35.2 Å². The van der Waals surface area contributed by atoms with Gasteiger partial charge < -0.3 is 24.8 Å². The predicted octanol–water partition coefficient (Wildman–Crippen LogP) is 3.40. The molecule has 0 spiro atoms. The minimum Gasteiger partial charge on any atom is -0.493 e. The van der Waals surface area contributed by atoms with Crippen LogP contribution in [0.3, 0.4) is 0 Å². The van der Waals surface area contributed by atoms with Crippen molar-refractivity contribution in [1.82, 2.24) is 10.6 Å². The molecule has 1 unspecified atom stereocenters. The van der Waals surface area contributed by atoms with Crippen molar-refractivity contribution in [2.75, 3.05) is 33.9 Å². The van der Waals surface area contributed by atoms with Crippen LogP contribution in [-0.4, -0.2) is 39.8 Å². The van der Waals surface area contributed by atoms with Crippen molar-refractivity contribution in [2.45, 2.75) is 25.9 Å². The van der Waals surface area contributed by atoms with Crippen molar-refractivity contribution in [2.24, 2.45) is 5.92 Å². The Labute approximate surface area is 172 Å². The van der Waals surface area contributed by atoms with E-state index in [1.54, 1.807) is 26.4 Å². The fraction of sp³-hybridized carbons (Fsp3) is 0.435. The van der Waals surface area contributed by atoms with Crippen molar-refractivity contribution in [3.05, 3.63) is 53.6 Å². The van der Waals surface area contributed by atoms with Crippen molar-refractivity contribution in [3.8, 4) is 17.2 Å². The van der Waals surface area contributed by atoms with E-state index < -0.39 is 0 Å². The smallest absolute Gasteiger partial charge is 0.251 e. The quantitative estimate of drug-likeness (QED) is 0.678. The van der Waals surface area contributed by atoms with E-state index in [1.165, 1.54) is 12.8 Å². The van der Waals surface area contributed by atoms with Gasteiger partial charge in [-0.3, -0.25) is 4.79 Å². The molecule has 2 aromatic rings. The molecule has 0 radical (unpaired) electrons. The lowest BCUT2D eigenvalue weighted by molar-refractivity contribution is 0.0949. The van der Waals surface area contributed by atoms with Crippen molar-refractivity contribution in [3.63, 3.8) is 0 Å². The lowest BCUT2D eigenvalue weighted by Crippen LogP contribution is -2.33. The molecule has 3 rings (SSSR count). The number of amides is 1. The molecule has 1 aliphatic rings. The molecule has 6 heteroatoms. The van der Waals surface area contributed by atoms with E-state index in [0.717, 1.165) is 25.1 Å². The van der Waals surface area contributed by atoms with Gasteiger partial charge in [0.15, 0.2) is 11.5 Å². The number of rotatable bonds is 9. The van der Waals surface area contributed by atoms with E-state index in [4.69, 9.17) is 14.2 Å². The first kappa shape index (κ1) is 21.0. The fourth-order valence-electron chi connectivity index (χ4n) is 3.55. The van der Waals surface area contributed by atoms with Crippen LogP contribution >= 0.6 is 0 Å².